The molecule has 0 radical (unpaired) electrons. The van der Waals surface area contributed by atoms with Gasteiger partial charge in [0.1, 0.15) is 12.1 Å². The van der Waals surface area contributed by atoms with Crippen molar-refractivity contribution in [1.82, 2.24) is 30.2 Å². The number of para-hydroxylation sites is 2. The van der Waals surface area contributed by atoms with Gasteiger partial charge in [0.15, 0.2) is 11.4 Å². The number of aromatic nitrogens is 4. The number of benzene rings is 4. The smallest absolute Gasteiger partial charge is 0.275 e. The first kappa shape index (κ1) is 32.6. The molecule has 2 aliphatic heterocycles. The zero-order valence-corrected chi connectivity index (χ0v) is 28.2. The first-order valence-electron chi connectivity index (χ1n) is 17.4. The molecule has 2 fully saturated rings. The van der Waals surface area contributed by atoms with E-state index in [2.05, 4.69) is 31.0 Å². The molecule has 0 saturated carbocycles. The number of nitrogens with zero attached hydrogens (tertiary/aromatic N) is 4. The number of hydrogen-bond donors (Lipinski definition) is 4. The van der Waals surface area contributed by atoms with Gasteiger partial charge in [-0.05, 0) is 73.2 Å². The number of likely N-dealkylation sites (tertiary alicyclic amines) is 2. The third-order valence-corrected chi connectivity index (χ3v) is 9.80. The van der Waals surface area contributed by atoms with Gasteiger partial charge < -0.3 is 20.4 Å². The first-order valence-corrected chi connectivity index (χ1v) is 17.4. The lowest BCUT2D eigenvalue weighted by Gasteiger charge is -2.23. The van der Waals surface area contributed by atoms with Crippen LogP contribution in [-0.4, -0.2) is 79.0 Å². The molecule has 4 N–H and O–H groups in total. The molecule has 12 nitrogen and oxygen atoms in total. The molecule has 4 aromatic carbocycles. The van der Waals surface area contributed by atoms with Gasteiger partial charge in [-0.2, -0.15) is 10.2 Å². The fourth-order valence-corrected chi connectivity index (χ4v) is 7.09. The van der Waals surface area contributed by atoms with Crippen LogP contribution in [0.5, 0.6) is 0 Å². The zero-order valence-electron chi connectivity index (χ0n) is 28.2. The quantitative estimate of drug-likeness (QED) is 0.141. The fourth-order valence-electron chi connectivity index (χ4n) is 7.09. The fraction of sp³-hybridized carbons (Fsp3) is 0.200. The second-order valence-electron chi connectivity index (χ2n) is 13.1. The van der Waals surface area contributed by atoms with Gasteiger partial charge in [-0.15, -0.1) is 0 Å². The van der Waals surface area contributed by atoms with E-state index in [1.807, 2.05) is 109 Å². The van der Waals surface area contributed by atoms with Crippen LogP contribution >= 0.6 is 0 Å². The first-order chi connectivity index (χ1) is 25.4. The Morgan fingerprint density at radius 3 is 1.40 bits per heavy atom. The summed E-state index contributed by atoms with van der Waals surface area (Å²) >= 11 is 0. The minimum absolute atomic E-state index is 0.223. The van der Waals surface area contributed by atoms with Crippen LogP contribution in [0.25, 0.3) is 34.0 Å². The van der Waals surface area contributed by atoms with Gasteiger partial charge in [-0.25, -0.2) is 0 Å². The van der Waals surface area contributed by atoms with Crippen molar-refractivity contribution in [2.45, 2.75) is 37.8 Å². The number of carbonyl (C=O) groups excluding carboxylic acids is 4. The molecule has 12 heteroatoms. The van der Waals surface area contributed by atoms with Crippen molar-refractivity contribution < 1.29 is 19.2 Å². The summed E-state index contributed by atoms with van der Waals surface area (Å²) in [6, 6.07) is 28.8. The molecule has 52 heavy (non-hydrogen) atoms. The number of H-pyrrole nitrogens is 2. The summed E-state index contributed by atoms with van der Waals surface area (Å²) < 4.78 is 0. The van der Waals surface area contributed by atoms with Crippen LogP contribution in [0.2, 0.25) is 0 Å². The Kier molecular flexibility index (Phi) is 8.78. The SMILES string of the molecule is O=C(Nc1ccc(C=Cc2ccc(NC(=O)[C@@H]3CCCN3C(=O)c3n[nH]c4ccccc34)cc2)cc1)[C@@H]1CCCN1C(=O)c1n[nH]c2ccccc12. The Morgan fingerprint density at radius 1 is 0.577 bits per heavy atom. The Labute approximate surface area is 298 Å². The zero-order chi connectivity index (χ0) is 35.6. The molecular weight excluding hydrogens is 656 g/mol. The normalized spacial score (nSPS) is 17.3. The molecule has 2 saturated heterocycles. The predicted molar refractivity (Wildman–Crippen MR) is 199 cm³/mol. The number of aromatic amines is 2. The van der Waals surface area contributed by atoms with Crippen LogP contribution in [0.4, 0.5) is 11.4 Å². The van der Waals surface area contributed by atoms with Gasteiger partial charge in [0.25, 0.3) is 11.8 Å². The summed E-state index contributed by atoms with van der Waals surface area (Å²) in [5.74, 6) is -0.949. The summed E-state index contributed by atoms with van der Waals surface area (Å²) in [5.41, 5.74) is 5.39. The molecule has 0 spiro atoms. The number of amides is 4. The summed E-state index contributed by atoms with van der Waals surface area (Å²) in [5, 5.41) is 21.7. The molecule has 0 unspecified atom stereocenters. The minimum atomic E-state index is -0.572. The predicted octanol–water partition coefficient (Wildman–Crippen LogP) is 6.10. The van der Waals surface area contributed by atoms with Crippen LogP contribution in [0.1, 0.15) is 57.8 Å². The molecule has 260 valence electrons. The van der Waals surface area contributed by atoms with E-state index in [-0.39, 0.29) is 23.6 Å². The minimum Gasteiger partial charge on any atom is -0.325 e. The van der Waals surface area contributed by atoms with Crippen molar-refractivity contribution in [2.24, 2.45) is 0 Å². The summed E-state index contributed by atoms with van der Waals surface area (Å²) in [4.78, 5) is 56.5. The molecule has 6 aromatic rings. The van der Waals surface area contributed by atoms with E-state index in [1.165, 1.54) is 0 Å². The Balaban J connectivity index is 0.852. The highest BCUT2D eigenvalue weighted by Gasteiger charge is 2.37. The average molecular weight is 693 g/mol. The molecule has 0 aliphatic carbocycles. The second-order valence-corrected chi connectivity index (χ2v) is 13.1. The lowest BCUT2D eigenvalue weighted by Crippen LogP contribution is -2.43. The maximum absolute atomic E-state index is 13.4. The molecule has 2 atom stereocenters. The van der Waals surface area contributed by atoms with Gasteiger partial charge in [-0.1, -0.05) is 72.8 Å². The maximum Gasteiger partial charge on any atom is 0.275 e. The van der Waals surface area contributed by atoms with Gasteiger partial charge in [0, 0.05) is 35.2 Å². The van der Waals surface area contributed by atoms with Gasteiger partial charge >= 0.3 is 0 Å². The van der Waals surface area contributed by atoms with E-state index >= 15 is 0 Å². The average Bonchev–Trinajstić information content (AvgIpc) is 4.00. The molecule has 2 aliphatic rings. The van der Waals surface area contributed by atoms with Crippen molar-refractivity contribution in [3.8, 4) is 0 Å². The van der Waals surface area contributed by atoms with Crippen LogP contribution in [0.3, 0.4) is 0 Å². The molecular formula is C40H36N8O4. The lowest BCUT2D eigenvalue weighted by molar-refractivity contribution is -0.120. The third kappa shape index (κ3) is 6.41. The molecule has 2 aromatic heterocycles. The van der Waals surface area contributed by atoms with Gasteiger partial charge in [-0.3, -0.25) is 29.4 Å². The highest BCUT2D eigenvalue weighted by atomic mass is 16.2. The van der Waals surface area contributed by atoms with E-state index in [1.54, 1.807) is 9.80 Å². The number of anilines is 2. The Hall–Kier alpha value is -6.56. The molecule has 4 amide bonds. The maximum atomic E-state index is 13.4. The molecule has 0 bridgehead atoms. The van der Waals surface area contributed by atoms with Crippen molar-refractivity contribution >= 4 is 69.0 Å². The number of hydrogen-bond acceptors (Lipinski definition) is 6. The van der Waals surface area contributed by atoms with Crippen LogP contribution in [0.15, 0.2) is 97.1 Å². The monoisotopic (exact) mass is 692 g/mol. The van der Waals surface area contributed by atoms with Crippen LogP contribution in [0, 0.1) is 0 Å². The highest BCUT2D eigenvalue weighted by molar-refractivity contribution is 6.08. The van der Waals surface area contributed by atoms with E-state index in [0.717, 1.165) is 45.8 Å². The van der Waals surface area contributed by atoms with E-state index in [4.69, 9.17) is 0 Å². The standard InChI is InChI=1S/C40H36N8O4/c49-37(33-11-5-23-47(33)39(51)35-29-7-1-3-9-31(29)43-45-35)41-27-19-15-25(16-20-27)13-14-26-17-21-28(22-18-26)42-38(50)34-12-6-24-48(34)40(52)36-30-8-2-4-10-32(30)44-46-36/h1-4,7-10,13-22,33-34H,5-6,11-12,23-24H2,(H,41,49)(H,42,50)(H,43,45)(H,44,46)/t33-,34-/m0/s1. The second kappa shape index (κ2) is 14.0. The molecule has 8 rings (SSSR count). The lowest BCUT2D eigenvalue weighted by atomic mass is 10.1. The van der Waals surface area contributed by atoms with Gasteiger partial charge in [0.2, 0.25) is 11.8 Å². The Morgan fingerprint density at radius 2 is 0.981 bits per heavy atom. The van der Waals surface area contributed by atoms with Crippen molar-refractivity contribution in [3.05, 3.63) is 120 Å². The largest absolute Gasteiger partial charge is 0.325 e. The number of fused-ring (bicyclic) bond motifs is 2. The molecule has 4 heterocycles. The number of rotatable bonds is 8. The van der Waals surface area contributed by atoms with E-state index in [0.29, 0.717) is 48.7 Å². The summed E-state index contributed by atoms with van der Waals surface area (Å²) in [6.07, 6.45) is 6.59. The number of carbonyl (C=O) groups is 4. The Bertz CT molecular complexity index is 2160. The van der Waals surface area contributed by atoms with Crippen LogP contribution < -0.4 is 10.6 Å². The highest BCUT2D eigenvalue weighted by Crippen LogP contribution is 2.26. The van der Waals surface area contributed by atoms with E-state index in [9.17, 15) is 19.2 Å². The summed E-state index contributed by atoms with van der Waals surface area (Å²) in [7, 11) is 0. The topological polar surface area (TPSA) is 156 Å². The van der Waals surface area contributed by atoms with Crippen molar-refractivity contribution in [3.63, 3.8) is 0 Å². The van der Waals surface area contributed by atoms with Crippen LogP contribution in [-0.2, 0) is 9.59 Å². The van der Waals surface area contributed by atoms with E-state index < -0.39 is 12.1 Å². The van der Waals surface area contributed by atoms with Crippen molar-refractivity contribution in [2.75, 3.05) is 23.7 Å². The summed E-state index contributed by atoms with van der Waals surface area (Å²) in [6.45, 7) is 0.999. The van der Waals surface area contributed by atoms with Gasteiger partial charge in [0.05, 0.1) is 11.0 Å². The number of nitrogens with one attached hydrogen (secondary N) is 4. The third-order valence-electron chi connectivity index (χ3n) is 9.80. The van der Waals surface area contributed by atoms with Crippen molar-refractivity contribution in [1.29, 1.82) is 0 Å².